The van der Waals surface area contributed by atoms with Crippen LogP contribution in [0.25, 0.3) is 0 Å². The average molecular weight is 237 g/mol. The van der Waals surface area contributed by atoms with Crippen LogP contribution in [0.5, 0.6) is 0 Å². The Kier molecular flexibility index (Phi) is 3.42. The van der Waals surface area contributed by atoms with Crippen LogP contribution < -0.4 is 5.73 Å². The molecule has 3 saturated heterocycles. The Morgan fingerprint density at radius 1 is 1.00 bits per heavy atom. The van der Waals surface area contributed by atoms with Gasteiger partial charge in [-0.3, -0.25) is 4.90 Å². The molecule has 3 heterocycles. The zero-order chi connectivity index (χ0) is 11.8. The Hall–Kier alpha value is -0.120. The molecule has 0 spiro atoms. The van der Waals surface area contributed by atoms with Crippen LogP contribution in [0, 0.1) is 0 Å². The Labute approximate surface area is 105 Å². The van der Waals surface area contributed by atoms with Crippen molar-refractivity contribution in [3.8, 4) is 0 Å². The van der Waals surface area contributed by atoms with E-state index in [0.717, 1.165) is 24.7 Å². The maximum atomic E-state index is 5.96. The van der Waals surface area contributed by atoms with E-state index in [9.17, 15) is 0 Å². The van der Waals surface area contributed by atoms with Crippen molar-refractivity contribution in [3.05, 3.63) is 0 Å². The van der Waals surface area contributed by atoms with Gasteiger partial charge in [-0.05, 0) is 52.1 Å². The van der Waals surface area contributed by atoms with E-state index in [1.807, 2.05) is 0 Å². The van der Waals surface area contributed by atoms with Gasteiger partial charge in [0.25, 0.3) is 0 Å². The van der Waals surface area contributed by atoms with Crippen LogP contribution >= 0.6 is 0 Å². The fraction of sp³-hybridized carbons (Fsp3) is 1.00. The van der Waals surface area contributed by atoms with Crippen molar-refractivity contribution in [1.82, 2.24) is 9.80 Å². The van der Waals surface area contributed by atoms with Crippen molar-refractivity contribution >= 4 is 0 Å². The molecule has 3 aliphatic heterocycles. The fourth-order valence-corrected chi connectivity index (χ4v) is 4.41. The minimum absolute atomic E-state index is 0.677. The van der Waals surface area contributed by atoms with Crippen LogP contribution in [0.3, 0.4) is 0 Å². The molecule has 0 amide bonds. The highest BCUT2D eigenvalue weighted by molar-refractivity contribution is 4.98. The standard InChI is InChI=1S/C14H27N3/c1-16-11-5-6-12(16)9-14(8-11)17-7-3-2-4-13(17)10-15/h11-14H,2-10,15H2,1H3. The summed E-state index contributed by atoms with van der Waals surface area (Å²) in [7, 11) is 2.33. The van der Waals surface area contributed by atoms with Crippen LogP contribution in [0.2, 0.25) is 0 Å². The first-order valence-corrected chi connectivity index (χ1v) is 7.47. The van der Waals surface area contributed by atoms with Gasteiger partial charge in [0.15, 0.2) is 0 Å². The van der Waals surface area contributed by atoms with Gasteiger partial charge in [0, 0.05) is 30.7 Å². The molecule has 2 N–H and O–H groups in total. The van der Waals surface area contributed by atoms with Gasteiger partial charge in [0.05, 0.1) is 0 Å². The molecule has 3 atom stereocenters. The number of likely N-dealkylation sites (tertiary alicyclic amines) is 1. The minimum atomic E-state index is 0.677. The Bertz CT molecular complexity index is 254. The first-order chi connectivity index (χ1) is 8.29. The number of hydrogen-bond donors (Lipinski definition) is 1. The molecule has 3 nitrogen and oxygen atoms in total. The van der Waals surface area contributed by atoms with Crippen LogP contribution in [0.4, 0.5) is 0 Å². The predicted molar refractivity (Wildman–Crippen MR) is 71.0 cm³/mol. The average Bonchev–Trinajstić information content (AvgIpc) is 2.61. The lowest BCUT2D eigenvalue weighted by Crippen LogP contribution is -2.55. The highest BCUT2D eigenvalue weighted by Crippen LogP contribution is 2.37. The molecule has 0 aromatic rings. The quantitative estimate of drug-likeness (QED) is 0.788. The van der Waals surface area contributed by atoms with Crippen molar-refractivity contribution in [3.63, 3.8) is 0 Å². The summed E-state index contributed by atoms with van der Waals surface area (Å²) in [6.07, 6.45) is 9.75. The number of rotatable bonds is 2. The van der Waals surface area contributed by atoms with Gasteiger partial charge in [-0.25, -0.2) is 0 Å². The topological polar surface area (TPSA) is 32.5 Å². The number of nitrogens with zero attached hydrogens (tertiary/aromatic N) is 2. The summed E-state index contributed by atoms with van der Waals surface area (Å²) in [5, 5.41) is 0. The summed E-state index contributed by atoms with van der Waals surface area (Å²) in [4.78, 5) is 5.40. The lowest BCUT2D eigenvalue weighted by Gasteiger charge is -2.46. The summed E-state index contributed by atoms with van der Waals surface area (Å²) in [6.45, 7) is 2.16. The second kappa shape index (κ2) is 4.87. The maximum Gasteiger partial charge on any atom is 0.0221 e. The van der Waals surface area contributed by atoms with Crippen molar-refractivity contribution in [2.45, 2.75) is 69.1 Å². The third-order valence-corrected chi connectivity index (χ3v) is 5.49. The van der Waals surface area contributed by atoms with Gasteiger partial charge in [-0.1, -0.05) is 6.42 Å². The maximum absolute atomic E-state index is 5.96. The molecule has 2 bridgehead atoms. The predicted octanol–water partition coefficient (Wildman–Crippen LogP) is 1.42. The van der Waals surface area contributed by atoms with Crippen LogP contribution in [0.15, 0.2) is 0 Å². The molecule has 0 aliphatic carbocycles. The van der Waals surface area contributed by atoms with E-state index in [4.69, 9.17) is 5.73 Å². The molecule has 3 rings (SSSR count). The van der Waals surface area contributed by atoms with Crippen LogP contribution in [-0.2, 0) is 0 Å². The zero-order valence-electron chi connectivity index (χ0n) is 11.1. The first kappa shape index (κ1) is 11.9. The van der Waals surface area contributed by atoms with Crippen molar-refractivity contribution in [1.29, 1.82) is 0 Å². The minimum Gasteiger partial charge on any atom is -0.329 e. The van der Waals surface area contributed by atoms with E-state index < -0.39 is 0 Å². The van der Waals surface area contributed by atoms with Gasteiger partial charge in [0.1, 0.15) is 0 Å². The highest BCUT2D eigenvalue weighted by Gasteiger charge is 2.41. The van der Waals surface area contributed by atoms with E-state index in [1.54, 1.807) is 0 Å². The second-order valence-electron chi connectivity index (χ2n) is 6.30. The van der Waals surface area contributed by atoms with Gasteiger partial charge in [-0.2, -0.15) is 0 Å². The van der Waals surface area contributed by atoms with E-state index in [0.29, 0.717) is 6.04 Å². The number of nitrogens with two attached hydrogens (primary N) is 1. The lowest BCUT2D eigenvalue weighted by atomic mass is 9.91. The summed E-state index contributed by atoms with van der Waals surface area (Å²) >= 11 is 0. The second-order valence-corrected chi connectivity index (χ2v) is 6.30. The van der Waals surface area contributed by atoms with Crippen LogP contribution in [0.1, 0.15) is 44.9 Å². The van der Waals surface area contributed by atoms with E-state index in [2.05, 4.69) is 16.8 Å². The van der Waals surface area contributed by atoms with Gasteiger partial charge >= 0.3 is 0 Å². The van der Waals surface area contributed by atoms with Crippen molar-refractivity contribution in [2.75, 3.05) is 20.1 Å². The SMILES string of the molecule is CN1C2CCC1CC(N1CCCCC1CN)C2. The largest absolute Gasteiger partial charge is 0.329 e. The molecule has 3 aliphatic rings. The zero-order valence-corrected chi connectivity index (χ0v) is 11.1. The molecule has 0 saturated carbocycles. The normalized spacial score (nSPS) is 44.1. The molecule has 0 radical (unpaired) electrons. The summed E-state index contributed by atoms with van der Waals surface area (Å²) in [5.74, 6) is 0. The van der Waals surface area contributed by atoms with E-state index >= 15 is 0 Å². The molecule has 0 aromatic carbocycles. The molecular weight excluding hydrogens is 210 g/mol. The molecule has 17 heavy (non-hydrogen) atoms. The smallest absolute Gasteiger partial charge is 0.0221 e. The number of fused-ring (bicyclic) bond motifs is 2. The number of piperidine rings is 2. The van der Waals surface area contributed by atoms with Gasteiger partial charge in [0.2, 0.25) is 0 Å². The first-order valence-electron chi connectivity index (χ1n) is 7.47. The Morgan fingerprint density at radius 3 is 2.35 bits per heavy atom. The molecule has 3 heteroatoms. The van der Waals surface area contributed by atoms with Crippen molar-refractivity contribution in [2.24, 2.45) is 5.73 Å². The third-order valence-electron chi connectivity index (χ3n) is 5.49. The summed E-state index contributed by atoms with van der Waals surface area (Å²) in [5.41, 5.74) is 5.96. The summed E-state index contributed by atoms with van der Waals surface area (Å²) < 4.78 is 0. The molecular formula is C14H27N3. The highest BCUT2D eigenvalue weighted by atomic mass is 15.3. The Balaban J connectivity index is 1.68. The Morgan fingerprint density at radius 2 is 1.71 bits per heavy atom. The molecule has 3 fully saturated rings. The fourth-order valence-electron chi connectivity index (χ4n) is 4.41. The number of hydrogen-bond acceptors (Lipinski definition) is 3. The lowest BCUT2D eigenvalue weighted by molar-refractivity contribution is 0.0327. The summed E-state index contributed by atoms with van der Waals surface area (Å²) in [6, 6.07) is 3.23. The molecule has 0 aromatic heterocycles. The molecule has 3 unspecified atom stereocenters. The third kappa shape index (κ3) is 2.13. The monoisotopic (exact) mass is 237 g/mol. The van der Waals surface area contributed by atoms with Crippen molar-refractivity contribution < 1.29 is 0 Å². The van der Waals surface area contributed by atoms with Gasteiger partial charge in [-0.15, -0.1) is 0 Å². The van der Waals surface area contributed by atoms with Gasteiger partial charge < -0.3 is 10.6 Å². The van der Waals surface area contributed by atoms with E-state index in [-0.39, 0.29) is 0 Å². The van der Waals surface area contributed by atoms with Crippen LogP contribution in [-0.4, -0.2) is 54.1 Å². The molecule has 98 valence electrons. The van der Waals surface area contributed by atoms with E-state index in [1.165, 1.54) is 51.5 Å².